The average molecular weight is 291 g/mol. The van der Waals surface area contributed by atoms with Crippen LogP contribution in [0, 0.1) is 0 Å². The van der Waals surface area contributed by atoms with Gasteiger partial charge in [-0.05, 0) is 36.5 Å². The van der Waals surface area contributed by atoms with E-state index in [0.717, 1.165) is 5.56 Å². The monoisotopic (exact) mass is 291 g/mol. The zero-order chi connectivity index (χ0) is 16.3. The number of carbonyl (C=O) groups excluding carboxylic acids is 1. The summed E-state index contributed by atoms with van der Waals surface area (Å²) in [6.07, 6.45) is 0.523. The second-order valence-electron chi connectivity index (χ2n) is 6.45. The summed E-state index contributed by atoms with van der Waals surface area (Å²) in [5.74, 6) is -0.254. The fourth-order valence-corrected chi connectivity index (χ4v) is 1.89. The molecule has 1 amide bonds. The van der Waals surface area contributed by atoms with Gasteiger partial charge >= 0.3 is 0 Å². The Morgan fingerprint density at radius 1 is 1.24 bits per heavy atom. The van der Waals surface area contributed by atoms with E-state index in [1.165, 1.54) is 0 Å². The predicted molar refractivity (Wildman–Crippen MR) is 84.7 cm³/mol. The minimum atomic E-state index is -0.867. The van der Waals surface area contributed by atoms with Crippen LogP contribution < -0.4 is 11.1 Å². The minimum Gasteiger partial charge on any atom is -0.409 e. The number of nitrogens with two attached hydrogens (primary N) is 1. The van der Waals surface area contributed by atoms with Crippen LogP contribution in [0.5, 0.6) is 0 Å². The Bertz CT molecular complexity index is 529. The molecule has 116 valence electrons. The van der Waals surface area contributed by atoms with Crippen LogP contribution in [0.3, 0.4) is 0 Å². The molecule has 0 aromatic heterocycles. The molecule has 1 aromatic carbocycles. The van der Waals surface area contributed by atoms with E-state index in [9.17, 15) is 4.79 Å². The van der Waals surface area contributed by atoms with Crippen molar-refractivity contribution in [1.29, 1.82) is 0 Å². The SMILES string of the molecule is CCC(C)(NC(=O)c1ccc(C(C)(C)C)cc1)/C(N)=N/O. The first-order valence-electron chi connectivity index (χ1n) is 7.05. The number of amides is 1. The third kappa shape index (κ3) is 3.97. The van der Waals surface area contributed by atoms with E-state index in [1.54, 1.807) is 19.1 Å². The molecule has 1 unspecified atom stereocenters. The molecular weight excluding hydrogens is 266 g/mol. The first kappa shape index (κ1) is 17.0. The highest BCUT2D eigenvalue weighted by atomic mass is 16.4. The van der Waals surface area contributed by atoms with Gasteiger partial charge in [0.15, 0.2) is 5.84 Å². The van der Waals surface area contributed by atoms with Crippen molar-refractivity contribution in [1.82, 2.24) is 5.32 Å². The maximum absolute atomic E-state index is 12.3. The van der Waals surface area contributed by atoms with Gasteiger partial charge in [0, 0.05) is 5.56 Å². The molecule has 21 heavy (non-hydrogen) atoms. The van der Waals surface area contributed by atoms with Crippen LogP contribution in [-0.4, -0.2) is 22.5 Å². The molecule has 0 saturated carbocycles. The number of benzene rings is 1. The highest BCUT2D eigenvalue weighted by Gasteiger charge is 2.30. The zero-order valence-corrected chi connectivity index (χ0v) is 13.4. The summed E-state index contributed by atoms with van der Waals surface area (Å²) in [5.41, 5.74) is 6.54. The second kappa shape index (κ2) is 6.16. The Morgan fingerprint density at radius 3 is 2.14 bits per heavy atom. The molecule has 1 rings (SSSR count). The molecule has 1 aromatic rings. The van der Waals surface area contributed by atoms with Crippen LogP contribution in [0.1, 0.15) is 57.0 Å². The van der Waals surface area contributed by atoms with Crippen LogP contribution in [0.2, 0.25) is 0 Å². The van der Waals surface area contributed by atoms with Gasteiger partial charge in [0.1, 0.15) is 0 Å². The largest absolute Gasteiger partial charge is 0.409 e. The van der Waals surface area contributed by atoms with Gasteiger partial charge in [-0.3, -0.25) is 4.79 Å². The average Bonchev–Trinajstić information content (AvgIpc) is 2.45. The third-order valence-corrected chi connectivity index (χ3v) is 3.78. The summed E-state index contributed by atoms with van der Waals surface area (Å²) in [6.45, 7) is 9.95. The van der Waals surface area contributed by atoms with Gasteiger partial charge in [-0.1, -0.05) is 45.0 Å². The number of nitrogens with one attached hydrogen (secondary N) is 1. The Labute approximate surface area is 126 Å². The van der Waals surface area contributed by atoms with E-state index in [0.29, 0.717) is 12.0 Å². The van der Waals surface area contributed by atoms with E-state index in [4.69, 9.17) is 10.9 Å². The van der Waals surface area contributed by atoms with E-state index in [-0.39, 0.29) is 17.2 Å². The maximum Gasteiger partial charge on any atom is 0.252 e. The van der Waals surface area contributed by atoms with Crippen molar-refractivity contribution in [3.05, 3.63) is 35.4 Å². The molecule has 0 spiro atoms. The molecule has 0 fully saturated rings. The predicted octanol–water partition coefficient (Wildman–Crippen LogP) is 2.63. The zero-order valence-electron chi connectivity index (χ0n) is 13.4. The van der Waals surface area contributed by atoms with Gasteiger partial charge in [0.2, 0.25) is 0 Å². The van der Waals surface area contributed by atoms with Crippen LogP contribution in [0.4, 0.5) is 0 Å². The number of oxime groups is 1. The summed E-state index contributed by atoms with van der Waals surface area (Å²) < 4.78 is 0. The Kier molecular flexibility index (Phi) is 4.99. The molecule has 5 nitrogen and oxygen atoms in total. The first-order valence-corrected chi connectivity index (χ1v) is 7.05. The van der Waals surface area contributed by atoms with Crippen LogP contribution in [-0.2, 0) is 5.41 Å². The highest BCUT2D eigenvalue weighted by Crippen LogP contribution is 2.22. The number of nitrogens with zero attached hydrogens (tertiary/aromatic N) is 1. The van der Waals surface area contributed by atoms with Crippen molar-refractivity contribution in [2.45, 2.75) is 52.0 Å². The van der Waals surface area contributed by atoms with Crippen molar-refractivity contribution < 1.29 is 10.0 Å². The quantitative estimate of drug-likeness (QED) is 0.345. The minimum absolute atomic E-state index is 0.00957. The Hall–Kier alpha value is -2.04. The summed E-state index contributed by atoms with van der Waals surface area (Å²) in [6, 6.07) is 7.47. The molecule has 0 aliphatic carbocycles. The summed E-state index contributed by atoms with van der Waals surface area (Å²) in [5, 5.41) is 14.6. The lowest BCUT2D eigenvalue weighted by Crippen LogP contribution is -2.55. The molecule has 0 bridgehead atoms. The lowest BCUT2D eigenvalue weighted by atomic mass is 9.86. The Balaban J connectivity index is 2.95. The molecule has 0 aliphatic heterocycles. The van der Waals surface area contributed by atoms with Crippen molar-refractivity contribution in [2.75, 3.05) is 0 Å². The van der Waals surface area contributed by atoms with Crippen LogP contribution in [0.15, 0.2) is 29.4 Å². The lowest BCUT2D eigenvalue weighted by Gasteiger charge is -2.28. The van der Waals surface area contributed by atoms with Crippen LogP contribution >= 0.6 is 0 Å². The molecule has 0 heterocycles. The molecule has 5 heteroatoms. The normalized spacial score (nSPS) is 15.4. The number of amidine groups is 1. The summed E-state index contributed by atoms with van der Waals surface area (Å²) >= 11 is 0. The lowest BCUT2D eigenvalue weighted by molar-refractivity contribution is 0.0925. The molecule has 0 saturated heterocycles. The van der Waals surface area contributed by atoms with Gasteiger partial charge in [-0.25, -0.2) is 0 Å². The number of carbonyl (C=O) groups is 1. The van der Waals surface area contributed by atoms with Gasteiger partial charge in [0.25, 0.3) is 5.91 Å². The summed E-state index contributed by atoms with van der Waals surface area (Å²) in [7, 11) is 0. The molecule has 4 N–H and O–H groups in total. The topological polar surface area (TPSA) is 87.7 Å². The van der Waals surface area contributed by atoms with Crippen molar-refractivity contribution >= 4 is 11.7 Å². The van der Waals surface area contributed by atoms with Gasteiger partial charge < -0.3 is 16.3 Å². The first-order chi connectivity index (χ1) is 9.64. The van der Waals surface area contributed by atoms with Gasteiger partial charge in [-0.15, -0.1) is 0 Å². The molecule has 0 aliphatic rings. The molecule has 0 radical (unpaired) electrons. The van der Waals surface area contributed by atoms with E-state index in [2.05, 4.69) is 31.2 Å². The van der Waals surface area contributed by atoms with Crippen molar-refractivity contribution in [2.24, 2.45) is 10.9 Å². The van der Waals surface area contributed by atoms with E-state index in [1.807, 2.05) is 19.1 Å². The van der Waals surface area contributed by atoms with Crippen molar-refractivity contribution in [3.63, 3.8) is 0 Å². The Morgan fingerprint density at radius 2 is 1.76 bits per heavy atom. The molecular formula is C16H25N3O2. The van der Waals surface area contributed by atoms with E-state index >= 15 is 0 Å². The number of rotatable bonds is 4. The number of hydrogen-bond acceptors (Lipinski definition) is 3. The maximum atomic E-state index is 12.3. The fourth-order valence-electron chi connectivity index (χ4n) is 1.89. The van der Waals surface area contributed by atoms with Gasteiger partial charge in [-0.2, -0.15) is 0 Å². The van der Waals surface area contributed by atoms with Gasteiger partial charge in [0.05, 0.1) is 5.54 Å². The standard InChI is InChI=1S/C16H25N3O2/c1-6-16(5,14(17)19-21)18-13(20)11-7-9-12(10-8-11)15(2,3)4/h7-10,21H,6H2,1-5H3,(H2,17,19)(H,18,20). The summed E-state index contributed by atoms with van der Waals surface area (Å²) in [4.78, 5) is 12.3. The number of hydrogen-bond donors (Lipinski definition) is 3. The van der Waals surface area contributed by atoms with Crippen LogP contribution in [0.25, 0.3) is 0 Å². The van der Waals surface area contributed by atoms with Crippen molar-refractivity contribution in [3.8, 4) is 0 Å². The highest BCUT2D eigenvalue weighted by molar-refractivity contribution is 6.00. The fraction of sp³-hybridized carbons (Fsp3) is 0.500. The second-order valence-corrected chi connectivity index (χ2v) is 6.45. The third-order valence-electron chi connectivity index (χ3n) is 3.78. The van der Waals surface area contributed by atoms with E-state index < -0.39 is 5.54 Å². The molecule has 1 atom stereocenters. The smallest absolute Gasteiger partial charge is 0.252 e.